The van der Waals surface area contributed by atoms with Gasteiger partial charge in [-0.05, 0) is 38.3 Å². The second-order valence-electron chi connectivity index (χ2n) is 6.62. The van der Waals surface area contributed by atoms with Crippen LogP contribution in [0.15, 0.2) is 33.5 Å². The van der Waals surface area contributed by atoms with Crippen LogP contribution in [0.2, 0.25) is 0 Å². The monoisotopic (exact) mass is 318 g/mol. The molecule has 2 unspecified atom stereocenters. The Morgan fingerprint density at radius 1 is 1.17 bits per heavy atom. The van der Waals surface area contributed by atoms with E-state index in [4.69, 9.17) is 4.42 Å². The van der Waals surface area contributed by atoms with Gasteiger partial charge in [-0.2, -0.15) is 0 Å². The number of carbonyl (C=O) groups is 1. The Balaban J connectivity index is 2.04. The molecule has 1 heterocycles. The lowest BCUT2D eigenvalue weighted by molar-refractivity contribution is -0.124. The van der Waals surface area contributed by atoms with Crippen molar-refractivity contribution in [3.63, 3.8) is 0 Å². The van der Waals surface area contributed by atoms with E-state index in [0.717, 1.165) is 19.3 Å². The molecular weight excluding hydrogens is 292 g/mol. The van der Waals surface area contributed by atoms with Crippen LogP contribution in [0.5, 0.6) is 0 Å². The highest BCUT2D eigenvalue weighted by atomic mass is 16.4. The van der Waals surface area contributed by atoms with Crippen molar-refractivity contribution in [1.29, 1.82) is 0 Å². The summed E-state index contributed by atoms with van der Waals surface area (Å²) in [6.07, 6.45) is 3.18. The quantitative estimate of drug-likeness (QED) is 0.850. The van der Waals surface area contributed by atoms with E-state index in [0.29, 0.717) is 17.0 Å². The molecule has 1 aromatic carbocycles. The summed E-state index contributed by atoms with van der Waals surface area (Å²) in [5.41, 5.74) is 1.15. The van der Waals surface area contributed by atoms with Crippen molar-refractivity contribution in [3.8, 4) is 0 Å². The van der Waals surface area contributed by atoms with E-state index in [1.807, 2.05) is 13.0 Å². The Labute approximate surface area is 136 Å². The number of rotatable bonds is 7. The molecule has 2 rings (SSSR count). The zero-order chi connectivity index (χ0) is 17.0. The number of hydrogen-bond acceptors (Lipinski definition) is 3. The van der Waals surface area contributed by atoms with Crippen LogP contribution in [0.3, 0.4) is 0 Å². The maximum absolute atomic E-state index is 12.4. The number of fused-ring (bicyclic) bond motifs is 1. The van der Waals surface area contributed by atoms with Gasteiger partial charge in [-0.1, -0.05) is 38.8 Å². The standard InChI is InChI=1S/C18H26N2O3/c1-12(2)8-7-9-13(3)19-17(21)14(4)20-15-10-5-6-11-16(15)23-18(20)22/h5-6,10-14H,7-9H2,1-4H3,(H,19,21). The average molecular weight is 318 g/mol. The molecule has 5 heteroatoms. The second kappa shape index (κ2) is 7.49. The highest BCUT2D eigenvalue weighted by Crippen LogP contribution is 2.17. The second-order valence-corrected chi connectivity index (χ2v) is 6.62. The third kappa shape index (κ3) is 4.24. The normalized spacial score (nSPS) is 14.1. The van der Waals surface area contributed by atoms with Crippen LogP contribution in [-0.4, -0.2) is 16.5 Å². The molecule has 0 saturated carbocycles. The fourth-order valence-corrected chi connectivity index (χ4v) is 2.74. The first-order valence-corrected chi connectivity index (χ1v) is 8.30. The number of benzene rings is 1. The molecule has 1 aromatic heterocycles. The van der Waals surface area contributed by atoms with Crippen molar-refractivity contribution in [1.82, 2.24) is 9.88 Å². The summed E-state index contributed by atoms with van der Waals surface area (Å²) in [4.78, 5) is 24.5. The fourth-order valence-electron chi connectivity index (χ4n) is 2.74. The molecule has 0 spiro atoms. The summed E-state index contributed by atoms with van der Waals surface area (Å²) in [5.74, 6) is 0.0182. The molecule has 2 atom stereocenters. The van der Waals surface area contributed by atoms with E-state index in [9.17, 15) is 9.59 Å². The third-order valence-corrected chi connectivity index (χ3v) is 4.09. The van der Waals surface area contributed by atoms with Gasteiger partial charge in [-0.15, -0.1) is 0 Å². The lowest BCUT2D eigenvalue weighted by Crippen LogP contribution is -2.39. The van der Waals surface area contributed by atoms with Gasteiger partial charge < -0.3 is 9.73 Å². The molecule has 0 bridgehead atoms. The summed E-state index contributed by atoms with van der Waals surface area (Å²) < 4.78 is 6.60. The average Bonchev–Trinajstić information content (AvgIpc) is 2.81. The lowest BCUT2D eigenvalue weighted by Gasteiger charge is -2.18. The molecule has 0 radical (unpaired) electrons. The lowest BCUT2D eigenvalue weighted by atomic mass is 10.0. The smallest absolute Gasteiger partial charge is 0.408 e. The minimum Gasteiger partial charge on any atom is -0.408 e. The van der Waals surface area contributed by atoms with Crippen LogP contribution in [-0.2, 0) is 4.79 Å². The van der Waals surface area contributed by atoms with E-state index < -0.39 is 11.8 Å². The van der Waals surface area contributed by atoms with Crippen molar-refractivity contribution >= 4 is 17.0 Å². The molecule has 1 amide bonds. The number of oxazole rings is 1. The van der Waals surface area contributed by atoms with Gasteiger partial charge in [0.25, 0.3) is 0 Å². The van der Waals surface area contributed by atoms with Crippen LogP contribution < -0.4 is 11.1 Å². The first-order valence-electron chi connectivity index (χ1n) is 8.30. The number of amides is 1. The summed E-state index contributed by atoms with van der Waals surface area (Å²) in [5, 5.41) is 2.99. The Morgan fingerprint density at radius 2 is 1.87 bits per heavy atom. The van der Waals surface area contributed by atoms with E-state index >= 15 is 0 Å². The van der Waals surface area contributed by atoms with E-state index in [2.05, 4.69) is 19.2 Å². The van der Waals surface area contributed by atoms with Crippen LogP contribution in [0.1, 0.15) is 53.0 Å². The molecule has 5 nitrogen and oxygen atoms in total. The zero-order valence-corrected chi connectivity index (χ0v) is 14.3. The summed E-state index contributed by atoms with van der Waals surface area (Å²) >= 11 is 0. The van der Waals surface area contributed by atoms with E-state index in [-0.39, 0.29) is 11.9 Å². The van der Waals surface area contributed by atoms with Crippen LogP contribution in [0.4, 0.5) is 0 Å². The molecular formula is C18H26N2O3. The van der Waals surface area contributed by atoms with Gasteiger partial charge in [-0.3, -0.25) is 9.36 Å². The SMILES string of the molecule is CC(C)CCCC(C)NC(=O)C(C)n1c(=O)oc2ccccc21. The largest absolute Gasteiger partial charge is 0.420 e. The molecule has 126 valence electrons. The number of hydrogen-bond donors (Lipinski definition) is 1. The molecule has 0 fully saturated rings. The first kappa shape index (κ1) is 17.3. The summed E-state index contributed by atoms with van der Waals surface area (Å²) in [6.45, 7) is 8.12. The number of para-hydroxylation sites is 2. The van der Waals surface area contributed by atoms with Crippen molar-refractivity contribution in [2.75, 3.05) is 0 Å². The predicted octanol–water partition coefficient (Wildman–Crippen LogP) is 3.49. The number of nitrogens with one attached hydrogen (secondary N) is 1. The Morgan fingerprint density at radius 3 is 2.57 bits per heavy atom. The van der Waals surface area contributed by atoms with Gasteiger partial charge in [0.15, 0.2) is 5.58 Å². The predicted molar refractivity (Wildman–Crippen MR) is 91.5 cm³/mol. The third-order valence-electron chi connectivity index (χ3n) is 4.09. The van der Waals surface area contributed by atoms with Gasteiger partial charge in [0.05, 0.1) is 5.52 Å². The molecule has 0 aliphatic heterocycles. The van der Waals surface area contributed by atoms with Crippen LogP contribution in [0, 0.1) is 5.92 Å². The first-order chi connectivity index (χ1) is 10.9. The highest BCUT2D eigenvalue weighted by Gasteiger charge is 2.22. The molecule has 0 saturated heterocycles. The van der Waals surface area contributed by atoms with Gasteiger partial charge in [0, 0.05) is 6.04 Å². The van der Waals surface area contributed by atoms with Gasteiger partial charge in [0.2, 0.25) is 5.91 Å². The van der Waals surface area contributed by atoms with Crippen molar-refractivity contribution in [2.45, 2.75) is 59.0 Å². The maximum Gasteiger partial charge on any atom is 0.420 e. The minimum atomic E-state index is -0.598. The minimum absolute atomic E-state index is 0.0950. The van der Waals surface area contributed by atoms with E-state index in [1.54, 1.807) is 25.1 Å². The Hall–Kier alpha value is -2.04. The summed E-state index contributed by atoms with van der Waals surface area (Å²) in [7, 11) is 0. The van der Waals surface area contributed by atoms with Crippen LogP contribution >= 0.6 is 0 Å². The van der Waals surface area contributed by atoms with Crippen molar-refractivity contribution in [3.05, 3.63) is 34.8 Å². The number of carbonyl (C=O) groups excluding carboxylic acids is 1. The maximum atomic E-state index is 12.4. The van der Waals surface area contributed by atoms with Crippen molar-refractivity contribution in [2.24, 2.45) is 5.92 Å². The molecule has 0 aliphatic carbocycles. The van der Waals surface area contributed by atoms with Gasteiger partial charge >= 0.3 is 5.76 Å². The molecule has 0 aliphatic rings. The fraction of sp³-hybridized carbons (Fsp3) is 0.556. The Kier molecular flexibility index (Phi) is 5.64. The summed E-state index contributed by atoms with van der Waals surface area (Å²) in [6, 6.07) is 6.64. The molecule has 2 aromatic rings. The number of nitrogens with zero attached hydrogens (tertiary/aromatic N) is 1. The number of aromatic nitrogens is 1. The Bertz CT molecular complexity index is 714. The van der Waals surface area contributed by atoms with Crippen molar-refractivity contribution < 1.29 is 9.21 Å². The van der Waals surface area contributed by atoms with Gasteiger partial charge in [-0.25, -0.2) is 4.79 Å². The van der Waals surface area contributed by atoms with Gasteiger partial charge in [0.1, 0.15) is 6.04 Å². The van der Waals surface area contributed by atoms with Crippen LogP contribution in [0.25, 0.3) is 11.1 Å². The topological polar surface area (TPSA) is 64.2 Å². The highest BCUT2D eigenvalue weighted by molar-refractivity contribution is 5.83. The van der Waals surface area contributed by atoms with E-state index in [1.165, 1.54) is 4.57 Å². The molecule has 1 N–H and O–H groups in total. The molecule has 23 heavy (non-hydrogen) atoms. The zero-order valence-electron chi connectivity index (χ0n) is 14.3.